The molecule has 0 fully saturated rings. The van der Waals surface area contributed by atoms with Gasteiger partial charge >= 0.3 is 0 Å². The second-order valence-corrected chi connectivity index (χ2v) is 3.70. The molecule has 4 nitrogen and oxygen atoms in total. The number of guanidine groups is 1. The molecule has 0 saturated carbocycles. The number of nitrogens with zero attached hydrogens (tertiary/aromatic N) is 2. The highest BCUT2D eigenvalue weighted by atomic mass is 15.4. The minimum absolute atomic E-state index is 0.691. The fraction of sp³-hybridized carbons (Fsp3) is 0.417. The summed E-state index contributed by atoms with van der Waals surface area (Å²) in [6, 6.07) is 8.14. The lowest BCUT2D eigenvalue weighted by Gasteiger charge is -2.22. The fourth-order valence-corrected chi connectivity index (χ4v) is 1.52. The lowest BCUT2D eigenvalue weighted by molar-refractivity contribution is 0.888. The van der Waals surface area contributed by atoms with E-state index < -0.39 is 0 Å². The standard InChI is InChI=1S/C12H20N4/c1-4-9-14-12(15-13)16(3)11-8-6-5-7-10(11)2/h5-8H,4,9,13H2,1-3H3,(H,14,15). The molecule has 0 aromatic heterocycles. The van der Waals surface area contributed by atoms with E-state index in [0.717, 1.165) is 18.7 Å². The van der Waals surface area contributed by atoms with Crippen LogP contribution in [0, 0.1) is 6.92 Å². The molecule has 0 unspecified atom stereocenters. The molecular formula is C12H20N4. The van der Waals surface area contributed by atoms with E-state index in [2.05, 4.69) is 30.3 Å². The molecule has 0 radical (unpaired) electrons. The van der Waals surface area contributed by atoms with Crippen molar-refractivity contribution < 1.29 is 0 Å². The molecule has 0 amide bonds. The Bertz CT molecular complexity index is 360. The number of anilines is 1. The third kappa shape index (κ3) is 2.97. The molecule has 0 atom stereocenters. The van der Waals surface area contributed by atoms with Crippen LogP contribution < -0.4 is 16.2 Å². The van der Waals surface area contributed by atoms with E-state index in [1.54, 1.807) is 0 Å². The van der Waals surface area contributed by atoms with E-state index in [-0.39, 0.29) is 0 Å². The van der Waals surface area contributed by atoms with Crippen LogP contribution in [-0.2, 0) is 0 Å². The lowest BCUT2D eigenvalue weighted by atomic mass is 10.2. The van der Waals surface area contributed by atoms with E-state index >= 15 is 0 Å². The van der Waals surface area contributed by atoms with Gasteiger partial charge in [-0.3, -0.25) is 10.4 Å². The van der Waals surface area contributed by atoms with Crippen LogP contribution in [0.2, 0.25) is 0 Å². The highest BCUT2D eigenvalue weighted by Gasteiger charge is 2.08. The largest absolute Gasteiger partial charge is 0.314 e. The first-order valence-electron chi connectivity index (χ1n) is 5.51. The molecule has 0 aliphatic carbocycles. The van der Waals surface area contributed by atoms with Crippen LogP contribution in [0.1, 0.15) is 18.9 Å². The van der Waals surface area contributed by atoms with Gasteiger partial charge < -0.3 is 4.90 Å². The quantitative estimate of drug-likeness (QED) is 0.352. The molecule has 0 spiro atoms. The van der Waals surface area contributed by atoms with Gasteiger partial charge in [0.25, 0.3) is 0 Å². The van der Waals surface area contributed by atoms with Crippen LogP contribution in [0.3, 0.4) is 0 Å². The second kappa shape index (κ2) is 6.12. The van der Waals surface area contributed by atoms with Gasteiger partial charge in [0.15, 0.2) is 0 Å². The van der Waals surface area contributed by atoms with Crippen molar-refractivity contribution in [1.29, 1.82) is 0 Å². The Hall–Kier alpha value is -1.55. The zero-order chi connectivity index (χ0) is 12.0. The van der Waals surface area contributed by atoms with Crippen LogP contribution in [0.4, 0.5) is 5.69 Å². The average molecular weight is 220 g/mol. The summed E-state index contributed by atoms with van der Waals surface area (Å²) in [5, 5.41) is 0. The van der Waals surface area contributed by atoms with Gasteiger partial charge in [0.1, 0.15) is 0 Å². The molecule has 88 valence electrons. The Kier molecular flexibility index (Phi) is 4.79. The zero-order valence-corrected chi connectivity index (χ0v) is 10.2. The van der Waals surface area contributed by atoms with Gasteiger partial charge in [0.05, 0.1) is 0 Å². The Morgan fingerprint density at radius 2 is 2.12 bits per heavy atom. The molecule has 0 heterocycles. The summed E-state index contributed by atoms with van der Waals surface area (Å²) >= 11 is 0. The SMILES string of the molecule is CCCN=C(NN)N(C)c1ccccc1C. The van der Waals surface area contributed by atoms with Crippen molar-refractivity contribution in [3.63, 3.8) is 0 Å². The number of para-hydroxylation sites is 1. The summed E-state index contributed by atoms with van der Waals surface area (Å²) in [7, 11) is 1.96. The Morgan fingerprint density at radius 3 is 2.69 bits per heavy atom. The molecule has 3 N–H and O–H groups in total. The summed E-state index contributed by atoms with van der Waals surface area (Å²) < 4.78 is 0. The third-order valence-electron chi connectivity index (χ3n) is 2.41. The molecule has 1 aromatic carbocycles. The van der Waals surface area contributed by atoms with E-state index in [4.69, 9.17) is 5.84 Å². The van der Waals surface area contributed by atoms with Gasteiger partial charge in [0.2, 0.25) is 5.96 Å². The summed E-state index contributed by atoms with van der Waals surface area (Å²) in [5.74, 6) is 6.17. The minimum atomic E-state index is 0.691. The summed E-state index contributed by atoms with van der Waals surface area (Å²) in [4.78, 5) is 6.35. The van der Waals surface area contributed by atoms with Crippen LogP contribution in [0.25, 0.3) is 0 Å². The van der Waals surface area contributed by atoms with Crippen LogP contribution in [-0.4, -0.2) is 19.6 Å². The molecule has 0 saturated heterocycles. The smallest absolute Gasteiger partial charge is 0.212 e. The van der Waals surface area contributed by atoms with Crippen molar-refractivity contribution in [2.24, 2.45) is 10.8 Å². The van der Waals surface area contributed by atoms with Crippen LogP contribution >= 0.6 is 0 Å². The van der Waals surface area contributed by atoms with Gasteiger partial charge in [-0.25, -0.2) is 5.84 Å². The molecule has 1 aromatic rings. The lowest BCUT2D eigenvalue weighted by Crippen LogP contribution is -2.43. The number of nitrogens with two attached hydrogens (primary N) is 1. The first kappa shape index (κ1) is 12.5. The third-order valence-corrected chi connectivity index (χ3v) is 2.41. The monoisotopic (exact) mass is 220 g/mol. The maximum absolute atomic E-state index is 5.48. The number of hydrazine groups is 1. The molecule has 1 rings (SSSR count). The maximum Gasteiger partial charge on any atom is 0.212 e. The van der Waals surface area contributed by atoms with Crippen molar-refractivity contribution in [3.8, 4) is 0 Å². The van der Waals surface area contributed by atoms with Gasteiger partial charge in [-0.15, -0.1) is 0 Å². The number of aryl methyl sites for hydroxylation is 1. The van der Waals surface area contributed by atoms with Gasteiger partial charge in [-0.05, 0) is 25.0 Å². The van der Waals surface area contributed by atoms with E-state index in [9.17, 15) is 0 Å². The fourth-order valence-electron chi connectivity index (χ4n) is 1.52. The highest BCUT2D eigenvalue weighted by Crippen LogP contribution is 2.17. The maximum atomic E-state index is 5.48. The first-order valence-corrected chi connectivity index (χ1v) is 5.51. The Labute approximate surface area is 97.1 Å². The normalized spacial score (nSPS) is 11.4. The first-order chi connectivity index (χ1) is 7.70. The predicted octanol–water partition coefficient (Wildman–Crippen LogP) is 1.66. The second-order valence-electron chi connectivity index (χ2n) is 3.70. The Balaban J connectivity index is 2.91. The van der Waals surface area contributed by atoms with Gasteiger partial charge in [0, 0.05) is 19.3 Å². The molecule has 0 aliphatic rings. The highest BCUT2D eigenvalue weighted by molar-refractivity contribution is 5.95. The van der Waals surface area contributed by atoms with E-state index in [0.29, 0.717) is 5.96 Å². The predicted molar refractivity (Wildman–Crippen MR) is 69.5 cm³/mol. The van der Waals surface area contributed by atoms with Crippen LogP contribution in [0.5, 0.6) is 0 Å². The van der Waals surface area contributed by atoms with Crippen molar-refractivity contribution >= 4 is 11.6 Å². The van der Waals surface area contributed by atoms with Crippen molar-refractivity contribution in [3.05, 3.63) is 29.8 Å². The average Bonchev–Trinajstić information content (AvgIpc) is 2.30. The molecule has 4 heteroatoms. The van der Waals surface area contributed by atoms with E-state index in [1.165, 1.54) is 5.56 Å². The zero-order valence-electron chi connectivity index (χ0n) is 10.2. The number of benzene rings is 1. The Morgan fingerprint density at radius 1 is 1.44 bits per heavy atom. The number of aliphatic imine (C=N–C) groups is 1. The molecular weight excluding hydrogens is 200 g/mol. The molecule has 0 aliphatic heterocycles. The number of nitrogens with one attached hydrogen (secondary N) is 1. The van der Waals surface area contributed by atoms with Gasteiger partial charge in [-0.2, -0.15) is 0 Å². The van der Waals surface area contributed by atoms with Crippen molar-refractivity contribution in [2.45, 2.75) is 20.3 Å². The minimum Gasteiger partial charge on any atom is -0.314 e. The topological polar surface area (TPSA) is 53.6 Å². The van der Waals surface area contributed by atoms with E-state index in [1.807, 2.05) is 30.1 Å². The summed E-state index contributed by atoms with van der Waals surface area (Å²) in [6.45, 7) is 4.93. The molecule has 0 bridgehead atoms. The summed E-state index contributed by atoms with van der Waals surface area (Å²) in [6.07, 6.45) is 1.01. The van der Waals surface area contributed by atoms with Crippen molar-refractivity contribution in [1.82, 2.24) is 5.43 Å². The number of hydrogen-bond donors (Lipinski definition) is 2. The summed E-state index contributed by atoms with van der Waals surface area (Å²) in [5.41, 5.74) is 4.94. The number of hydrogen-bond acceptors (Lipinski definition) is 2. The van der Waals surface area contributed by atoms with Crippen molar-refractivity contribution in [2.75, 3.05) is 18.5 Å². The number of rotatable bonds is 3. The molecule has 16 heavy (non-hydrogen) atoms. The van der Waals surface area contributed by atoms with Gasteiger partial charge in [-0.1, -0.05) is 25.1 Å². The van der Waals surface area contributed by atoms with Crippen LogP contribution in [0.15, 0.2) is 29.3 Å².